The van der Waals surface area contributed by atoms with Crippen LogP contribution in [0.4, 0.5) is 5.69 Å². The fourth-order valence-electron chi connectivity index (χ4n) is 3.45. The van der Waals surface area contributed by atoms with Crippen LogP contribution in [0.25, 0.3) is 0 Å². The average Bonchev–Trinajstić information content (AvgIpc) is 2.74. The van der Waals surface area contributed by atoms with Gasteiger partial charge in [0.15, 0.2) is 5.69 Å². The van der Waals surface area contributed by atoms with Crippen molar-refractivity contribution >= 4 is 11.6 Å². The minimum atomic E-state index is -0.544. The number of hydrogen-bond donors (Lipinski definition) is 1. The van der Waals surface area contributed by atoms with Crippen LogP contribution in [0, 0.1) is 18.3 Å². The van der Waals surface area contributed by atoms with Crippen LogP contribution in [-0.2, 0) is 0 Å². The predicted molar refractivity (Wildman–Crippen MR) is 116 cm³/mol. The number of aryl methyl sites for hydroxylation is 1. The summed E-state index contributed by atoms with van der Waals surface area (Å²) < 4.78 is 0. The molecule has 1 aliphatic rings. The number of aromatic nitrogens is 2. The molecule has 0 atom stereocenters. The van der Waals surface area contributed by atoms with Gasteiger partial charge in [-0.15, -0.1) is 5.10 Å². The minimum absolute atomic E-state index is 0.208. The van der Waals surface area contributed by atoms with Crippen molar-refractivity contribution in [1.29, 1.82) is 5.26 Å². The van der Waals surface area contributed by atoms with Crippen LogP contribution >= 0.6 is 0 Å². The first-order valence-corrected chi connectivity index (χ1v) is 10.2. The Morgan fingerprint density at radius 3 is 2.34 bits per heavy atom. The average molecular weight is 394 g/mol. The maximum atomic E-state index is 10.6. The normalized spacial score (nSPS) is 13.9. The van der Waals surface area contributed by atoms with Crippen molar-refractivity contribution in [2.24, 2.45) is 5.73 Å². The van der Waals surface area contributed by atoms with Crippen molar-refractivity contribution in [2.45, 2.75) is 64.8 Å². The van der Waals surface area contributed by atoms with Gasteiger partial charge in [-0.25, -0.2) is 0 Å². The molecule has 3 rings (SSSR count). The van der Waals surface area contributed by atoms with Gasteiger partial charge >= 0.3 is 0 Å². The third kappa shape index (κ3) is 6.28. The summed E-state index contributed by atoms with van der Waals surface area (Å²) in [5.41, 5.74) is 9.17. The lowest BCUT2D eigenvalue weighted by molar-refractivity contribution is 0.0994. The Kier molecular flexibility index (Phi) is 8.14. The second-order valence-corrected chi connectivity index (χ2v) is 7.88. The molecule has 1 aromatic carbocycles. The first kappa shape index (κ1) is 22.4. The van der Waals surface area contributed by atoms with Crippen LogP contribution in [0.15, 0.2) is 30.3 Å². The molecule has 1 saturated carbocycles. The van der Waals surface area contributed by atoms with Gasteiger partial charge < -0.3 is 10.6 Å². The van der Waals surface area contributed by atoms with E-state index in [4.69, 9.17) is 11.0 Å². The Labute approximate surface area is 173 Å². The number of nitriles is 1. The summed E-state index contributed by atoms with van der Waals surface area (Å²) in [6.07, 6.45) is 6.69. The summed E-state index contributed by atoms with van der Waals surface area (Å²) >= 11 is 0. The Hall–Kier alpha value is -2.94. The molecule has 1 fully saturated rings. The molecular formula is C23H31N5O. The number of nitrogens with zero attached hydrogens (tertiary/aromatic N) is 4. The molecular weight excluding hydrogens is 362 g/mol. The van der Waals surface area contributed by atoms with Crippen LogP contribution in [0.3, 0.4) is 0 Å². The van der Waals surface area contributed by atoms with Gasteiger partial charge in [0, 0.05) is 18.8 Å². The third-order valence-electron chi connectivity index (χ3n) is 5.39. The maximum absolute atomic E-state index is 10.6. The van der Waals surface area contributed by atoms with Crippen LogP contribution in [0.1, 0.15) is 79.2 Å². The number of carbonyl (C=O) groups is 1. The quantitative estimate of drug-likeness (QED) is 0.834. The number of hydrogen-bond acceptors (Lipinski definition) is 5. The highest BCUT2D eigenvalue weighted by Crippen LogP contribution is 2.27. The van der Waals surface area contributed by atoms with Crippen LogP contribution < -0.4 is 10.6 Å². The Morgan fingerprint density at radius 2 is 1.86 bits per heavy atom. The van der Waals surface area contributed by atoms with Crippen molar-refractivity contribution in [3.05, 3.63) is 52.8 Å². The number of rotatable bonds is 4. The molecule has 1 aliphatic carbocycles. The van der Waals surface area contributed by atoms with E-state index in [1.54, 1.807) is 12.1 Å². The number of amides is 1. The molecule has 1 heterocycles. The smallest absolute Gasteiger partial charge is 0.269 e. The minimum Gasteiger partial charge on any atom is -0.372 e. The number of benzene rings is 1. The molecule has 0 bridgehead atoms. The van der Waals surface area contributed by atoms with E-state index in [0.29, 0.717) is 12.0 Å². The Morgan fingerprint density at radius 1 is 1.17 bits per heavy atom. The summed E-state index contributed by atoms with van der Waals surface area (Å²) in [6, 6.07) is 12.4. The van der Waals surface area contributed by atoms with Crippen LogP contribution in [-0.4, -0.2) is 29.2 Å². The molecule has 0 aliphatic heterocycles. The monoisotopic (exact) mass is 393 g/mol. The second-order valence-electron chi connectivity index (χ2n) is 7.88. The molecule has 1 aromatic heterocycles. The van der Waals surface area contributed by atoms with Crippen molar-refractivity contribution in [3.8, 4) is 6.07 Å². The highest BCUT2D eigenvalue weighted by molar-refractivity contribution is 5.90. The molecule has 6 heteroatoms. The van der Waals surface area contributed by atoms with Gasteiger partial charge in [0.25, 0.3) is 5.91 Å². The first-order valence-electron chi connectivity index (χ1n) is 10.2. The highest BCUT2D eigenvalue weighted by Gasteiger charge is 2.18. The molecule has 0 spiro atoms. The van der Waals surface area contributed by atoms with E-state index in [0.717, 1.165) is 16.8 Å². The van der Waals surface area contributed by atoms with Gasteiger partial charge in [-0.2, -0.15) is 10.4 Å². The highest BCUT2D eigenvalue weighted by atomic mass is 16.1. The molecule has 154 valence electrons. The van der Waals surface area contributed by atoms with E-state index in [-0.39, 0.29) is 5.69 Å². The molecule has 6 nitrogen and oxygen atoms in total. The van der Waals surface area contributed by atoms with E-state index < -0.39 is 5.91 Å². The van der Waals surface area contributed by atoms with Crippen molar-refractivity contribution < 1.29 is 4.79 Å². The number of primary amides is 1. The maximum Gasteiger partial charge on any atom is 0.269 e. The zero-order valence-electron chi connectivity index (χ0n) is 17.9. The molecule has 29 heavy (non-hydrogen) atoms. The van der Waals surface area contributed by atoms with Gasteiger partial charge in [0.1, 0.15) is 0 Å². The van der Waals surface area contributed by atoms with Crippen molar-refractivity contribution in [2.75, 3.05) is 11.9 Å². The van der Waals surface area contributed by atoms with E-state index in [2.05, 4.69) is 40.3 Å². The Balaban J connectivity index is 0.000000221. The largest absolute Gasteiger partial charge is 0.372 e. The van der Waals surface area contributed by atoms with Gasteiger partial charge in [0.2, 0.25) is 0 Å². The summed E-state index contributed by atoms with van der Waals surface area (Å²) in [5.74, 6) is -0.225. The molecule has 0 radical (unpaired) electrons. The van der Waals surface area contributed by atoms with Gasteiger partial charge in [-0.3, -0.25) is 4.79 Å². The number of nitrogens with two attached hydrogens (primary N) is 1. The lowest BCUT2D eigenvalue weighted by Crippen LogP contribution is -2.33. The van der Waals surface area contributed by atoms with Crippen LogP contribution in [0.5, 0.6) is 0 Å². The first-order chi connectivity index (χ1) is 13.8. The van der Waals surface area contributed by atoms with Crippen molar-refractivity contribution in [1.82, 2.24) is 10.2 Å². The van der Waals surface area contributed by atoms with E-state index in [1.165, 1.54) is 37.8 Å². The van der Waals surface area contributed by atoms with Gasteiger partial charge in [-0.05, 0) is 61.6 Å². The van der Waals surface area contributed by atoms with E-state index in [9.17, 15) is 4.79 Å². The molecule has 2 aromatic rings. The second kappa shape index (κ2) is 10.6. The number of carbonyl (C=O) groups excluding carboxylic acids is 1. The SMILES string of the molecule is CC(C)c1ccc(C(N)=O)nn1.Cc1cc(N(C)C2CCCCC2)ccc1C#N. The Bertz CT molecular complexity index is 849. The predicted octanol–water partition coefficient (Wildman–Crippen LogP) is 4.33. The molecule has 0 unspecified atom stereocenters. The molecule has 2 N–H and O–H groups in total. The summed E-state index contributed by atoms with van der Waals surface area (Å²) in [7, 11) is 2.18. The lowest BCUT2D eigenvalue weighted by atomic mass is 9.94. The fraction of sp³-hybridized carbons (Fsp3) is 0.478. The third-order valence-corrected chi connectivity index (χ3v) is 5.39. The van der Waals surface area contributed by atoms with E-state index >= 15 is 0 Å². The lowest BCUT2D eigenvalue weighted by Gasteiger charge is -2.33. The zero-order valence-corrected chi connectivity index (χ0v) is 17.9. The van der Waals surface area contributed by atoms with Crippen LogP contribution in [0.2, 0.25) is 0 Å². The van der Waals surface area contributed by atoms with Gasteiger partial charge in [0.05, 0.1) is 17.3 Å². The molecule has 0 saturated heterocycles. The summed E-state index contributed by atoms with van der Waals surface area (Å²) in [5, 5.41) is 16.5. The fourth-order valence-corrected chi connectivity index (χ4v) is 3.45. The van der Waals surface area contributed by atoms with Gasteiger partial charge in [-0.1, -0.05) is 33.1 Å². The molecule has 1 amide bonds. The summed E-state index contributed by atoms with van der Waals surface area (Å²) in [4.78, 5) is 13.0. The van der Waals surface area contributed by atoms with E-state index in [1.807, 2.05) is 26.8 Å². The van der Waals surface area contributed by atoms with Crippen molar-refractivity contribution in [3.63, 3.8) is 0 Å². The topological polar surface area (TPSA) is 95.9 Å². The standard InChI is InChI=1S/C15H20N2.C8H11N3O/c1-12-10-15(9-8-13(12)11-16)17(2)14-6-4-3-5-7-14;1-5(2)6-3-4-7(8(9)12)11-10-6/h8-10,14H,3-7H2,1-2H3;3-5H,1-2H3,(H2,9,12). The number of anilines is 1. The summed E-state index contributed by atoms with van der Waals surface area (Å²) in [6.45, 7) is 6.03. The zero-order chi connectivity index (χ0) is 21.4.